The highest BCUT2D eigenvalue weighted by Crippen LogP contribution is 2.31. The number of aryl methyl sites for hydroxylation is 1. The number of nitrogens with zero attached hydrogens (tertiary/aromatic N) is 4. The first-order valence-electron chi connectivity index (χ1n) is 9.37. The number of aromatic nitrogens is 4. The van der Waals surface area contributed by atoms with Crippen LogP contribution in [0.15, 0.2) is 47.6 Å². The molecule has 0 aliphatic heterocycles. The summed E-state index contributed by atoms with van der Waals surface area (Å²) in [7, 11) is 3.47. The van der Waals surface area contributed by atoms with Crippen molar-refractivity contribution in [2.45, 2.75) is 24.7 Å². The highest BCUT2D eigenvalue weighted by atomic mass is 32.2. The van der Waals surface area contributed by atoms with Gasteiger partial charge in [0.25, 0.3) is 0 Å². The number of hydrogen-bond donors (Lipinski definition) is 1. The minimum Gasteiger partial charge on any atom is -0.493 e. The first-order valence-corrected chi connectivity index (χ1v) is 10.4. The molecule has 0 saturated carbocycles. The van der Waals surface area contributed by atoms with Crippen LogP contribution in [0.25, 0.3) is 0 Å². The van der Waals surface area contributed by atoms with Crippen LogP contribution in [0, 0.1) is 5.82 Å². The van der Waals surface area contributed by atoms with E-state index in [1.807, 2.05) is 25.2 Å². The average molecular weight is 419 g/mol. The SMILES string of the molecule is COc1cccc(C[NH2+]CCCSc2nnnn2C)c1OCc1ccc(F)cc1. The normalized spacial score (nSPS) is 10.9. The van der Waals surface area contributed by atoms with E-state index in [0.29, 0.717) is 12.4 Å². The van der Waals surface area contributed by atoms with Gasteiger partial charge in [-0.2, -0.15) is 0 Å². The summed E-state index contributed by atoms with van der Waals surface area (Å²) in [5.74, 6) is 2.13. The van der Waals surface area contributed by atoms with Crippen LogP contribution in [0.4, 0.5) is 4.39 Å². The first kappa shape index (κ1) is 21.1. The third-order valence-corrected chi connectivity index (χ3v) is 5.40. The molecule has 154 valence electrons. The number of benzene rings is 2. The van der Waals surface area contributed by atoms with Gasteiger partial charge in [0.15, 0.2) is 11.5 Å². The summed E-state index contributed by atoms with van der Waals surface area (Å²) in [5, 5.41) is 14.5. The number of methoxy groups -OCH3 is 1. The van der Waals surface area contributed by atoms with E-state index >= 15 is 0 Å². The molecule has 9 heteroatoms. The number of thioether (sulfide) groups is 1. The molecule has 0 fully saturated rings. The topological polar surface area (TPSA) is 78.7 Å². The highest BCUT2D eigenvalue weighted by molar-refractivity contribution is 7.99. The van der Waals surface area contributed by atoms with E-state index in [1.165, 1.54) is 12.1 Å². The third-order valence-electron chi connectivity index (χ3n) is 4.31. The Labute approximate surface area is 173 Å². The molecule has 0 spiro atoms. The van der Waals surface area contributed by atoms with Crippen LogP contribution in [-0.2, 0) is 20.2 Å². The molecule has 0 radical (unpaired) electrons. The zero-order valence-corrected chi connectivity index (χ0v) is 17.4. The second-order valence-electron chi connectivity index (χ2n) is 6.43. The zero-order chi connectivity index (χ0) is 20.5. The van der Waals surface area contributed by atoms with Gasteiger partial charge in [-0.05, 0) is 40.3 Å². The maximum absolute atomic E-state index is 13.1. The summed E-state index contributed by atoms with van der Waals surface area (Å²) in [5.41, 5.74) is 1.97. The molecule has 3 aromatic rings. The van der Waals surface area contributed by atoms with Gasteiger partial charge in [0.1, 0.15) is 19.0 Å². The summed E-state index contributed by atoms with van der Waals surface area (Å²) in [6.07, 6.45) is 1.03. The van der Waals surface area contributed by atoms with Gasteiger partial charge in [-0.25, -0.2) is 9.07 Å². The summed E-state index contributed by atoms with van der Waals surface area (Å²) < 4.78 is 26.3. The van der Waals surface area contributed by atoms with E-state index in [1.54, 1.807) is 35.7 Å². The molecule has 3 rings (SSSR count). The van der Waals surface area contributed by atoms with E-state index in [0.717, 1.165) is 47.3 Å². The van der Waals surface area contributed by atoms with Crippen LogP contribution in [-0.4, -0.2) is 39.6 Å². The fourth-order valence-corrected chi connectivity index (χ4v) is 3.59. The Kier molecular flexibility index (Phi) is 7.83. The molecule has 0 aliphatic carbocycles. The summed E-state index contributed by atoms with van der Waals surface area (Å²) >= 11 is 1.65. The smallest absolute Gasteiger partial charge is 0.209 e. The lowest BCUT2D eigenvalue weighted by atomic mass is 10.1. The Hall–Kier alpha value is -2.65. The molecule has 0 bridgehead atoms. The predicted octanol–water partition coefficient (Wildman–Crippen LogP) is 2.18. The Balaban J connectivity index is 1.50. The molecule has 0 aliphatic rings. The monoisotopic (exact) mass is 418 g/mol. The Morgan fingerprint density at radius 2 is 2.00 bits per heavy atom. The lowest BCUT2D eigenvalue weighted by Gasteiger charge is -2.14. The van der Waals surface area contributed by atoms with Crippen molar-refractivity contribution in [2.24, 2.45) is 7.05 Å². The largest absolute Gasteiger partial charge is 0.493 e. The molecule has 0 saturated heterocycles. The van der Waals surface area contributed by atoms with Crippen LogP contribution >= 0.6 is 11.8 Å². The van der Waals surface area contributed by atoms with E-state index in [-0.39, 0.29) is 5.82 Å². The number of halogens is 1. The van der Waals surface area contributed by atoms with Gasteiger partial charge in [-0.15, -0.1) is 5.10 Å². The summed E-state index contributed by atoms with van der Waals surface area (Å²) in [6, 6.07) is 12.2. The summed E-state index contributed by atoms with van der Waals surface area (Å²) in [4.78, 5) is 0. The number of tetrazole rings is 1. The number of nitrogens with two attached hydrogens (primary N) is 1. The standard InChI is InChI=1S/C20H24FN5O2S/c1-26-20(23-24-25-26)29-12-4-11-22-13-16-5-3-6-18(27-2)19(16)28-14-15-7-9-17(21)10-8-15/h3,5-10,22H,4,11-14H2,1-2H3/p+1. The Morgan fingerprint density at radius 3 is 2.72 bits per heavy atom. The van der Waals surface area contributed by atoms with Gasteiger partial charge in [-0.3, -0.25) is 0 Å². The van der Waals surface area contributed by atoms with Gasteiger partial charge in [0.05, 0.1) is 19.2 Å². The Morgan fingerprint density at radius 1 is 1.17 bits per heavy atom. The van der Waals surface area contributed by atoms with Crippen molar-refractivity contribution >= 4 is 11.8 Å². The van der Waals surface area contributed by atoms with E-state index < -0.39 is 0 Å². The summed E-state index contributed by atoms with van der Waals surface area (Å²) in [6.45, 7) is 2.12. The minimum atomic E-state index is -0.255. The predicted molar refractivity (Wildman–Crippen MR) is 108 cm³/mol. The van der Waals surface area contributed by atoms with Gasteiger partial charge in [-0.1, -0.05) is 30.0 Å². The van der Waals surface area contributed by atoms with E-state index in [9.17, 15) is 4.39 Å². The lowest BCUT2D eigenvalue weighted by Crippen LogP contribution is -2.82. The molecular formula is C20H25FN5O2S+. The van der Waals surface area contributed by atoms with Gasteiger partial charge in [0, 0.05) is 19.2 Å². The van der Waals surface area contributed by atoms with Crippen molar-refractivity contribution in [3.05, 3.63) is 59.4 Å². The zero-order valence-electron chi connectivity index (χ0n) is 16.5. The van der Waals surface area contributed by atoms with Crippen molar-refractivity contribution in [1.29, 1.82) is 0 Å². The number of ether oxygens (including phenoxy) is 2. The molecule has 1 heterocycles. The lowest BCUT2D eigenvalue weighted by molar-refractivity contribution is -0.670. The number of quaternary nitrogens is 1. The first-order chi connectivity index (χ1) is 14.2. The highest BCUT2D eigenvalue weighted by Gasteiger charge is 2.12. The van der Waals surface area contributed by atoms with Crippen molar-refractivity contribution in [2.75, 3.05) is 19.4 Å². The van der Waals surface area contributed by atoms with E-state index in [2.05, 4.69) is 20.8 Å². The molecule has 29 heavy (non-hydrogen) atoms. The van der Waals surface area contributed by atoms with Gasteiger partial charge < -0.3 is 14.8 Å². The number of para-hydroxylation sites is 1. The molecule has 1 aromatic heterocycles. The maximum Gasteiger partial charge on any atom is 0.209 e. The molecule has 2 aromatic carbocycles. The van der Waals surface area contributed by atoms with Gasteiger partial charge >= 0.3 is 0 Å². The average Bonchev–Trinajstić information content (AvgIpc) is 3.15. The van der Waals surface area contributed by atoms with Crippen LogP contribution in [0.1, 0.15) is 17.5 Å². The maximum atomic E-state index is 13.1. The van der Waals surface area contributed by atoms with Crippen LogP contribution in [0.2, 0.25) is 0 Å². The molecule has 0 amide bonds. The van der Waals surface area contributed by atoms with Crippen molar-refractivity contribution in [3.8, 4) is 11.5 Å². The van der Waals surface area contributed by atoms with E-state index in [4.69, 9.17) is 9.47 Å². The quantitative estimate of drug-likeness (QED) is 0.380. The molecule has 7 nitrogen and oxygen atoms in total. The fourth-order valence-electron chi connectivity index (χ4n) is 2.77. The number of rotatable bonds is 11. The van der Waals surface area contributed by atoms with Crippen molar-refractivity contribution in [1.82, 2.24) is 20.2 Å². The van der Waals surface area contributed by atoms with Crippen molar-refractivity contribution < 1.29 is 19.2 Å². The second-order valence-corrected chi connectivity index (χ2v) is 7.49. The molecule has 0 atom stereocenters. The fraction of sp³-hybridized carbons (Fsp3) is 0.350. The van der Waals surface area contributed by atoms with Crippen LogP contribution in [0.5, 0.6) is 11.5 Å². The molecule has 2 N–H and O–H groups in total. The second kappa shape index (κ2) is 10.8. The Bertz CT molecular complexity index is 904. The number of hydrogen-bond acceptors (Lipinski definition) is 6. The third kappa shape index (κ3) is 6.16. The molecule has 0 unspecified atom stereocenters. The minimum absolute atomic E-state index is 0.255. The van der Waals surface area contributed by atoms with Gasteiger partial charge in [0.2, 0.25) is 5.16 Å². The van der Waals surface area contributed by atoms with Crippen LogP contribution < -0.4 is 14.8 Å². The van der Waals surface area contributed by atoms with Crippen molar-refractivity contribution in [3.63, 3.8) is 0 Å². The molecular weight excluding hydrogens is 393 g/mol. The van der Waals surface area contributed by atoms with Crippen LogP contribution in [0.3, 0.4) is 0 Å².